The van der Waals surface area contributed by atoms with E-state index in [0.29, 0.717) is 0 Å². The lowest BCUT2D eigenvalue weighted by atomic mass is 10.0. The molecule has 1 amide bonds. The Hall–Kier alpha value is -2.73. The molecule has 0 saturated carbocycles. The molecular weight excluding hydrogens is 338 g/mol. The van der Waals surface area contributed by atoms with Gasteiger partial charge in [0.2, 0.25) is 5.91 Å². The molecule has 0 aliphatic carbocycles. The van der Waals surface area contributed by atoms with Crippen LogP contribution in [0, 0.1) is 6.92 Å². The summed E-state index contributed by atoms with van der Waals surface area (Å²) < 4.78 is 2.00. The largest absolute Gasteiger partial charge is 0.295 e. The maximum absolute atomic E-state index is 13.2. The molecule has 6 heteroatoms. The summed E-state index contributed by atoms with van der Waals surface area (Å²) in [4.78, 5) is 17.5. The average Bonchev–Trinajstić information content (AvgIpc) is 3.23. The van der Waals surface area contributed by atoms with Crippen LogP contribution in [0.4, 0.5) is 5.69 Å². The number of carbonyl (C=O) groups is 1. The van der Waals surface area contributed by atoms with E-state index in [-0.39, 0.29) is 24.3 Å². The number of carbonyl (C=O) groups excluding carboxylic acids is 1. The summed E-state index contributed by atoms with van der Waals surface area (Å²) in [5.41, 5.74) is 4.10. The Balaban J connectivity index is 1.56. The molecule has 0 N–H and O–H groups in total. The van der Waals surface area contributed by atoms with E-state index >= 15 is 0 Å². The van der Waals surface area contributed by atoms with Crippen molar-refractivity contribution in [1.82, 2.24) is 19.9 Å². The number of hydrogen-bond acceptors (Lipinski definition) is 4. The average molecular weight is 361 g/mol. The van der Waals surface area contributed by atoms with Crippen molar-refractivity contribution < 1.29 is 4.79 Å². The molecule has 2 fully saturated rings. The Labute approximate surface area is 158 Å². The molecule has 6 nitrogen and oxygen atoms in total. The van der Waals surface area contributed by atoms with Gasteiger partial charge in [-0.15, -0.1) is 5.10 Å². The molecule has 2 aliphatic rings. The highest BCUT2D eigenvalue weighted by atomic mass is 16.2. The van der Waals surface area contributed by atoms with Crippen molar-refractivity contribution in [3.63, 3.8) is 0 Å². The fraction of sp³-hybridized carbons (Fsp3) is 0.381. The molecule has 3 heterocycles. The van der Waals surface area contributed by atoms with Crippen molar-refractivity contribution in [2.45, 2.75) is 51.5 Å². The van der Waals surface area contributed by atoms with Crippen LogP contribution in [-0.2, 0) is 4.79 Å². The second kappa shape index (κ2) is 6.16. The van der Waals surface area contributed by atoms with Crippen LogP contribution in [0.25, 0.3) is 11.0 Å². The molecule has 3 aromatic rings. The van der Waals surface area contributed by atoms with Crippen LogP contribution in [-0.4, -0.2) is 38.0 Å². The molecule has 5 rings (SSSR count). The van der Waals surface area contributed by atoms with E-state index < -0.39 is 0 Å². The number of amides is 1. The molecule has 2 aliphatic heterocycles. The minimum atomic E-state index is -0.176. The van der Waals surface area contributed by atoms with E-state index in [1.807, 2.05) is 34.7 Å². The highest BCUT2D eigenvalue weighted by Gasteiger charge is 2.49. The summed E-state index contributed by atoms with van der Waals surface area (Å²) in [6, 6.07) is 16.1. The van der Waals surface area contributed by atoms with Gasteiger partial charge in [-0.2, -0.15) is 0 Å². The number of piperidine rings is 1. The third-order valence-corrected chi connectivity index (χ3v) is 5.92. The number of aromatic nitrogens is 3. The summed E-state index contributed by atoms with van der Waals surface area (Å²) in [5.74, 6) is 0.167. The van der Waals surface area contributed by atoms with E-state index in [1.165, 1.54) is 5.56 Å². The van der Waals surface area contributed by atoms with Gasteiger partial charge in [-0.25, -0.2) is 9.58 Å². The van der Waals surface area contributed by atoms with E-state index in [2.05, 4.69) is 52.5 Å². The SMILES string of the molecule is Cc1ccc(N2C(=O)[C@H](C)N3C2CCCC3n2nnc3ccccc32)cc1. The van der Waals surface area contributed by atoms with Gasteiger partial charge < -0.3 is 0 Å². The van der Waals surface area contributed by atoms with Crippen molar-refractivity contribution in [2.24, 2.45) is 0 Å². The Kier molecular flexibility index (Phi) is 3.75. The lowest BCUT2D eigenvalue weighted by Crippen LogP contribution is -2.47. The highest BCUT2D eigenvalue weighted by molar-refractivity contribution is 5.99. The van der Waals surface area contributed by atoms with Gasteiger partial charge in [-0.05, 0) is 57.4 Å². The molecule has 138 valence electrons. The van der Waals surface area contributed by atoms with E-state index in [4.69, 9.17) is 0 Å². The zero-order valence-electron chi connectivity index (χ0n) is 15.6. The molecule has 0 radical (unpaired) electrons. The monoisotopic (exact) mass is 361 g/mol. The number of rotatable bonds is 2. The zero-order valence-corrected chi connectivity index (χ0v) is 15.6. The summed E-state index contributed by atoms with van der Waals surface area (Å²) in [6.45, 7) is 4.08. The van der Waals surface area contributed by atoms with Gasteiger partial charge in [0.15, 0.2) is 0 Å². The number of para-hydroxylation sites is 1. The number of fused-ring (bicyclic) bond motifs is 2. The van der Waals surface area contributed by atoms with Crippen LogP contribution >= 0.6 is 0 Å². The van der Waals surface area contributed by atoms with Crippen LogP contribution in [0.2, 0.25) is 0 Å². The molecule has 2 unspecified atom stereocenters. The van der Waals surface area contributed by atoms with Crippen LogP contribution in [0.5, 0.6) is 0 Å². The van der Waals surface area contributed by atoms with Gasteiger partial charge in [0, 0.05) is 5.69 Å². The third-order valence-electron chi connectivity index (χ3n) is 5.92. The molecule has 0 spiro atoms. The quantitative estimate of drug-likeness (QED) is 0.701. The van der Waals surface area contributed by atoms with Gasteiger partial charge in [-0.3, -0.25) is 9.69 Å². The van der Waals surface area contributed by atoms with Crippen LogP contribution < -0.4 is 4.90 Å². The topological polar surface area (TPSA) is 54.3 Å². The molecule has 0 bridgehead atoms. The van der Waals surface area contributed by atoms with Gasteiger partial charge in [0.1, 0.15) is 11.7 Å². The number of anilines is 1. The first kappa shape index (κ1) is 16.4. The number of aryl methyl sites for hydroxylation is 1. The maximum atomic E-state index is 13.2. The van der Waals surface area contributed by atoms with E-state index in [1.54, 1.807) is 0 Å². The normalized spacial score (nSPS) is 25.9. The predicted molar refractivity (Wildman–Crippen MR) is 104 cm³/mol. The van der Waals surface area contributed by atoms with E-state index in [9.17, 15) is 4.79 Å². The summed E-state index contributed by atoms with van der Waals surface area (Å²) >= 11 is 0. The maximum Gasteiger partial charge on any atom is 0.245 e. The Morgan fingerprint density at radius 2 is 1.74 bits per heavy atom. The molecule has 2 saturated heterocycles. The predicted octanol–water partition coefficient (Wildman–Crippen LogP) is 3.49. The zero-order chi connectivity index (χ0) is 18.5. The van der Waals surface area contributed by atoms with E-state index in [0.717, 1.165) is 36.0 Å². The van der Waals surface area contributed by atoms with Gasteiger partial charge in [-0.1, -0.05) is 35.0 Å². The highest BCUT2D eigenvalue weighted by Crippen LogP contribution is 2.41. The van der Waals surface area contributed by atoms with Crippen molar-refractivity contribution in [3.8, 4) is 0 Å². The van der Waals surface area contributed by atoms with Crippen molar-refractivity contribution >= 4 is 22.6 Å². The summed E-state index contributed by atoms with van der Waals surface area (Å²) in [7, 11) is 0. The molecule has 27 heavy (non-hydrogen) atoms. The van der Waals surface area contributed by atoms with Crippen LogP contribution in [0.1, 0.15) is 37.9 Å². The third kappa shape index (κ3) is 2.47. The Bertz CT molecular complexity index is 995. The minimum Gasteiger partial charge on any atom is -0.295 e. The number of hydrogen-bond donors (Lipinski definition) is 0. The standard InChI is InChI=1S/C21H23N5O/c1-14-10-12-16(13-11-14)25-19-8-5-9-20(24(19)15(2)21(25)27)26-18-7-4-3-6-17(18)22-23-26/h3-4,6-7,10-13,15,19-20H,5,8-9H2,1-2H3/t15-,19?,20?/m0/s1. The first-order chi connectivity index (χ1) is 13.1. The number of benzene rings is 2. The van der Waals surface area contributed by atoms with Crippen molar-refractivity contribution in [1.29, 1.82) is 0 Å². The molecular formula is C21H23N5O. The second-order valence-corrected chi connectivity index (χ2v) is 7.58. The first-order valence-corrected chi connectivity index (χ1v) is 9.62. The molecule has 3 atom stereocenters. The van der Waals surface area contributed by atoms with Crippen LogP contribution in [0.15, 0.2) is 48.5 Å². The second-order valence-electron chi connectivity index (χ2n) is 7.58. The van der Waals surface area contributed by atoms with Crippen molar-refractivity contribution in [2.75, 3.05) is 4.90 Å². The lowest BCUT2D eigenvalue weighted by molar-refractivity contribution is -0.120. The first-order valence-electron chi connectivity index (χ1n) is 9.62. The fourth-order valence-corrected chi connectivity index (χ4v) is 4.59. The Morgan fingerprint density at radius 3 is 2.56 bits per heavy atom. The molecule has 1 aromatic heterocycles. The lowest BCUT2D eigenvalue weighted by Gasteiger charge is -2.40. The summed E-state index contributed by atoms with van der Waals surface area (Å²) in [6.07, 6.45) is 3.13. The Morgan fingerprint density at radius 1 is 1.00 bits per heavy atom. The van der Waals surface area contributed by atoms with Crippen LogP contribution in [0.3, 0.4) is 0 Å². The smallest absolute Gasteiger partial charge is 0.245 e. The number of nitrogens with zero attached hydrogens (tertiary/aromatic N) is 5. The molecule has 2 aromatic carbocycles. The fourth-order valence-electron chi connectivity index (χ4n) is 4.59. The minimum absolute atomic E-state index is 0.0468. The summed E-state index contributed by atoms with van der Waals surface area (Å²) in [5, 5.41) is 8.77. The van der Waals surface area contributed by atoms with Gasteiger partial charge >= 0.3 is 0 Å². The van der Waals surface area contributed by atoms with Crippen molar-refractivity contribution in [3.05, 3.63) is 54.1 Å². The van der Waals surface area contributed by atoms with Gasteiger partial charge in [0.25, 0.3) is 0 Å². The van der Waals surface area contributed by atoms with Gasteiger partial charge in [0.05, 0.1) is 17.7 Å².